The quantitative estimate of drug-likeness (QED) is 0.709. The lowest BCUT2D eigenvalue weighted by Crippen LogP contribution is -2.16. The van der Waals surface area contributed by atoms with E-state index >= 15 is 0 Å². The molecule has 0 aromatic carbocycles. The van der Waals surface area contributed by atoms with Gasteiger partial charge in [-0.25, -0.2) is 4.98 Å². The molecule has 3 nitrogen and oxygen atoms in total. The minimum atomic E-state index is 0.502. The second kappa shape index (κ2) is 3.75. The minimum Gasteiger partial charge on any atom is -0.329 e. The normalized spacial score (nSPS) is 22.0. The van der Waals surface area contributed by atoms with Crippen LogP contribution in [0.5, 0.6) is 0 Å². The Kier molecular flexibility index (Phi) is 2.45. The third kappa shape index (κ3) is 1.65. The molecule has 1 aromatic rings. The van der Waals surface area contributed by atoms with E-state index in [1.165, 1.54) is 18.5 Å². The predicted octanol–water partition coefficient (Wildman–Crippen LogP) is 1.49. The van der Waals surface area contributed by atoms with Gasteiger partial charge in [0.1, 0.15) is 0 Å². The van der Waals surface area contributed by atoms with Crippen LogP contribution in [-0.2, 0) is 6.54 Å². The number of rotatable bonds is 3. The third-order valence-electron chi connectivity index (χ3n) is 2.49. The molecule has 2 heterocycles. The number of hydrogen-bond donors (Lipinski definition) is 1. The Bertz CT molecular complexity index is 284. The molecule has 70 valence electrons. The van der Waals surface area contributed by atoms with Crippen LogP contribution in [0.15, 0.2) is 25.2 Å². The van der Waals surface area contributed by atoms with Crippen LogP contribution in [-0.4, -0.2) is 16.1 Å². The number of aromatic nitrogens is 2. The molecule has 0 radical (unpaired) electrons. The molecule has 1 aliphatic rings. The highest BCUT2D eigenvalue weighted by atomic mass is 15.1. The first-order valence-electron chi connectivity index (χ1n) is 4.76. The number of nitrogens with zero attached hydrogens (tertiary/aromatic N) is 2. The monoisotopic (exact) mass is 177 g/mol. The average Bonchev–Trinajstić information content (AvgIpc) is 2.71. The highest BCUT2D eigenvalue weighted by molar-refractivity contribution is 5.07. The van der Waals surface area contributed by atoms with Gasteiger partial charge in [-0.3, -0.25) is 0 Å². The summed E-state index contributed by atoms with van der Waals surface area (Å²) in [6.45, 7) is 5.72. The molecule has 0 amide bonds. The van der Waals surface area contributed by atoms with Gasteiger partial charge in [-0.1, -0.05) is 6.08 Å². The standard InChI is InChI=1S/C10H15N3/c1-2-6-13-8-11-7-10(13)9-4-3-5-12-9/h2,7-9,12H,1,3-6H2/t9-/m0/s1. The predicted molar refractivity (Wildman–Crippen MR) is 52.4 cm³/mol. The van der Waals surface area contributed by atoms with Gasteiger partial charge in [0.2, 0.25) is 0 Å². The lowest BCUT2D eigenvalue weighted by molar-refractivity contribution is 0.588. The summed E-state index contributed by atoms with van der Waals surface area (Å²) < 4.78 is 2.15. The van der Waals surface area contributed by atoms with Crippen LogP contribution in [0.25, 0.3) is 0 Å². The summed E-state index contributed by atoms with van der Waals surface area (Å²) in [5.74, 6) is 0. The summed E-state index contributed by atoms with van der Waals surface area (Å²) in [6.07, 6.45) is 8.22. The zero-order valence-corrected chi connectivity index (χ0v) is 7.74. The maximum atomic E-state index is 4.16. The second-order valence-electron chi connectivity index (χ2n) is 3.41. The summed E-state index contributed by atoms with van der Waals surface area (Å²) in [5.41, 5.74) is 1.29. The topological polar surface area (TPSA) is 29.9 Å². The maximum absolute atomic E-state index is 4.16. The lowest BCUT2D eigenvalue weighted by Gasteiger charge is -2.11. The summed E-state index contributed by atoms with van der Waals surface area (Å²) in [6, 6.07) is 0.502. The molecule has 0 aliphatic carbocycles. The molecule has 1 aromatic heterocycles. The average molecular weight is 177 g/mol. The van der Waals surface area contributed by atoms with Crippen molar-refractivity contribution in [3.8, 4) is 0 Å². The van der Waals surface area contributed by atoms with Crippen molar-refractivity contribution < 1.29 is 0 Å². The van der Waals surface area contributed by atoms with Crippen molar-refractivity contribution in [3.05, 3.63) is 30.9 Å². The van der Waals surface area contributed by atoms with Gasteiger partial charge in [-0.15, -0.1) is 6.58 Å². The molecule has 1 saturated heterocycles. The van der Waals surface area contributed by atoms with E-state index in [9.17, 15) is 0 Å². The fourth-order valence-electron chi connectivity index (χ4n) is 1.85. The molecule has 1 fully saturated rings. The van der Waals surface area contributed by atoms with E-state index in [0.717, 1.165) is 13.1 Å². The second-order valence-corrected chi connectivity index (χ2v) is 3.41. The van der Waals surface area contributed by atoms with E-state index < -0.39 is 0 Å². The highest BCUT2D eigenvalue weighted by Crippen LogP contribution is 2.22. The van der Waals surface area contributed by atoms with Gasteiger partial charge >= 0.3 is 0 Å². The number of allylic oxidation sites excluding steroid dienone is 1. The molecule has 1 aliphatic heterocycles. The first-order valence-corrected chi connectivity index (χ1v) is 4.76. The number of nitrogens with one attached hydrogen (secondary N) is 1. The molecule has 2 rings (SSSR count). The Labute approximate surface area is 78.5 Å². The van der Waals surface area contributed by atoms with E-state index in [-0.39, 0.29) is 0 Å². The molecular weight excluding hydrogens is 162 g/mol. The van der Waals surface area contributed by atoms with Gasteiger partial charge in [0.05, 0.1) is 12.0 Å². The van der Waals surface area contributed by atoms with Crippen molar-refractivity contribution in [2.24, 2.45) is 0 Å². The minimum absolute atomic E-state index is 0.502. The fraction of sp³-hybridized carbons (Fsp3) is 0.500. The summed E-state index contributed by atoms with van der Waals surface area (Å²) in [4.78, 5) is 4.16. The van der Waals surface area contributed by atoms with Gasteiger partial charge in [-0.05, 0) is 19.4 Å². The number of imidazole rings is 1. The van der Waals surface area contributed by atoms with Crippen LogP contribution in [0.3, 0.4) is 0 Å². The van der Waals surface area contributed by atoms with E-state index in [1.54, 1.807) is 0 Å². The van der Waals surface area contributed by atoms with Crippen LogP contribution in [0.4, 0.5) is 0 Å². The Morgan fingerprint density at radius 3 is 3.38 bits per heavy atom. The molecule has 0 saturated carbocycles. The molecule has 3 heteroatoms. The third-order valence-corrected chi connectivity index (χ3v) is 2.49. The zero-order valence-electron chi connectivity index (χ0n) is 7.74. The molecule has 0 unspecified atom stereocenters. The van der Waals surface area contributed by atoms with Crippen molar-refractivity contribution in [3.63, 3.8) is 0 Å². The van der Waals surface area contributed by atoms with E-state index in [1.807, 2.05) is 18.6 Å². The van der Waals surface area contributed by atoms with Crippen LogP contribution >= 0.6 is 0 Å². The molecule has 1 N–H and O–H groups in total. The van der Waals surface area contributed by atoms with Gasteiger partial charge < -0.3 is 9.88 Å². The number of hydrogen-bond acceptors (Lipinski definition) is 2. The first kappa shape index (κ1) is 8.51. The van der Waals surface area contributed by atoms with Crippen molar-refractivity contribution in [2.75, 3.05) is 6.54 Å². The Balaban J connectivity index is 2.17. The van der Waals surface area contributed by atoms with Crippen molar-refractivity contribution in [2.45, 2.75) is 25.4 Å². The highest BCUT2D eigenvalue weighted by Gasteiger charge is 2.18. The summed E-state index contributed by atoms with van der Waals surface area (Å²) in [5, 5.41) is 3.46. The van der Waals surface area contributed by atoms with Crippen LogP contribution in [0.2, 0.25) is 0 Å². The Hall–Kier alpha value is -1.09. The van der Waals surface area contributed by atoms with Gasteiger partial charge in [0.25, 0.3) is 0 Å². The van der Waals surface area contributed by atoms with Crippen LogP contribution < -0.4 is 5.32 Å². The first-order chi connectivity index (χ1) is 6.42. The molecule has 0 spiro atoms. The Morgan fingerprint density at radius 2 is 2.69 bits per heavy atom. The van der Waals surface area contributed by atoms with E-state index in [0.29, 0.717) is 6.04 Å². The van der Waals surface area contributed by atoms with Crippen molar-refractivity contribution in [1.82, 2.24) is 14.9 Å². The Morgan fingerprint density at radius 1 is 1.77 bits per heavy atom. The van der Waals surface area contributed by atoms with Gasteiger partial charge in [0, 0.05) is 18.8 Å². The molecule has 13 heavy (non-hydrogen) atoms. The van der Waals surface area contributed by atoms with Gasteiger partial charge in [0.15, 0.2) is 0 Å². The van der Waals surface area contributed by atoms with Crippen molar-refractivity contribution in [1.29, 1.82) is 0 Å². The van der Waals surface area contributed by atoms with E-state index in [2.05, 4.69) is 21.4 Å². The van der Waals surface area contributed by atoms with Crippen LogP contribution in [0.1, 0.15) is 24.6 Å². The maximum Gasteiger partial charge on any atom is 0.0951 e. The zero-order chi connectivity index (χ0) is 9.10. The summed E-state index contributed by atoms with van der Waals surface area (Å²) in [7, 11) is 0. The van der Waals surface area contributed by atoms with Crippen LogP contribution in [0, 0.1) is 0 Å². The molecular formula is C10H15N3. The van der Waals surface area contributed by atoms with E-state index in [4.69, 9.17) is 0 Å². The SMILES string of the molecule is C=CCn1cncc1[C@@H]1CCCN1. The lowest BCUT2D eigenvalue weighted by atomic mass is 10.2. The largest absolute Gasteiger partial charge is 0.329 e. The molecule has 1 atom stereocenters. The summed E-state index contributed by atoms with van der Waals surface area (Å²) >= 11 is 0. The smallest absolute Gasteiger partial charge is 0.0951 e. The molecule has 0 bridgehead atoms. The fourth-order valence-corrected chi connectivity index (χ4v) is 1.85. The van der Waals surface area contributed by atoms with Crippen molar-refractivity contribution >= 4 is 0 Å². The van der Waals surface area contributed by atoms with Gasteiger partial charge in [-0.2, -0.15) is 0 Å².